The van der Waals surface area contributed by atoms with E-state index in [0.717, 1.165) is 19.3 Å². The number of aromatic amines is 1. The Bertz CT molecular complexity index is 735. The fraction of sp³-hybridized carbons (Fsp3) is 0.833. The number of esters is 2. The molecule has 1 saturated heterocycles. The number of nitrogens with one attached hydrogen (secondary N) is 2. The Morgan fingerprint density at radius 3 is 2.96 bits per heavy atom. The van der Waals surface area contributed by atoms with Gasteiger partial charge in [-0.1, -0.05) is 11.6 Å². The normalized spacial score (nSPS) is 33.8. The summed E-state index contributed by atoms with van der Waals surface area (Å²) >= 11 is 0. The number of hydrogen-bond acceptors (Lipinski definition) is 8. The lowest BCUT2D eigenvalue weighted by molar-refractivity contribution is -0.151. The van der Waals surface area contributed by atoms with Crippen LogP contribution in [0.15, 0.2) is 0 Å². The first kappa shape index (κ1) is 16.0. The van der Waals surface area contributed by atoms with E-state index in [4.69, 9.17) is 13.6 Å². The summed E-state index contributed by atoms with van der Waals surface area (Å²) in [7, 11) is 0. The van der Waals surface area contributed by atoms with Gasteiger partial charge in [-0.25, -0.2) is 0 Å². The summed E-state index contributed by atoms with van der Waals surface area (Å²) in [5, 5.41) is 16.5. The van der Waals surface area contributed by atoms with Gasteiger partial charge in [-0.3, -0.25) is 9.59 Å². The van der Waals surface area contributed by atoms with E-state index >= 15 is 0 Å². The van der Waals surface area contributed by atoms with Crippen molar-refractivity contribution in [3.8, 4) is 0 Å². The minimum absolute atomic E-state index is 0.0905. The van der Waals surface area contributed by atoms with E-state index in [1.54, 1.807) is 6.92 Å². The molecule has 9 nitrogen and oxygen atoms in total. The zero-order valence-corrected chi connectivity index (χ0v) is 15.6. The summed E-state index contributed by atoms with van der Waals surface area (Å²) in [6.07, 6.45) is 3.94. The number of carbonyl (C=O) groups excluding carboxylic acids is 2. The van der Waals surface area contributed by atoms with E-state index < -0.39 is 24.5 Å². The van der Waals surface area contributed by atoms with Crippen LogP contribution in [-0.4, -0.2) is 58.3 Å². The largest absolute Gasteiger partial charge is 0.466 e. The molecule has 3 rings (SSSR count). The van der Waals surface area contributed by atoms with Gasteiger partial charge in [0.1, 0.15) is 12.6 Å². The molecule has 0 amide bonds. The van der Waals surface area contributed by atoms with Gasteiger partial charge in [0.25, 0.3) is 0 Å². The molecule has 0 aromatic carbocycles. The first-order valence-corrected chi connectivity index (χ1v) is 9.58. The quantitative estimate of drug-likeness (QED) is 0.640. The van der Waals surface area contributed by atoms with Gasteiger partial charge >= 0.3 is 11.9 Å². The van der Waals surface area contributed by atoms with Crippen LogP contribution in [0.1, 0.15) is 55.4 Å². The van der Waals surface area contributed by atoms with E-state index in [9.17, 15) is 9.59 Å². The standard InChI is InChI=1S/C18H29N5O4/c1-2-26-17(24)7-8-27-18(25)15-10-14-9-12(3-5-13(14)11-19-15)4-6-16-20-22-23-21-16/h12-15,19H,2-11H2,1H3,(H,20,21,22,23)/t12-,13+,14-,15+/m1/s1/i11D2,15D. The van der Waals surface area contributed by atoms with E-state index in [0.29, 0.717) is 24.6 Å². The van der Waals surface area contributed by atoms with Crippen molar-refractivity contribution in [2.45, 2.75) is 57.9 Å². The zero-order chi connectivity index (χ0) is 21.8. The zero-order valence-electron chi connectivity index (χ0n) is 18.6. The second-order valence-corrected chi connectivity index (χ2v) is 7.06. The van der Waals surface area contributed by atoms with Gasteiger partial charge in [-0.05, 0) is 56.9 Å². The molecule has 2 heterocycles. The van der Waals surface area contributed by atoms with Crippen LogP contribution in [0.25, 0.3) is 0 Å². The number of hydrogen-bond donors (Lipinski definition) is 2. The Hall–Kier alpha value is -2.03. The molecular formula is C18H29N5O4. The topological polar surface area (TPSA) is 119 Å². The first-order chi connectivity index (χ1) is 14.2. The first-order valence-electron chi connectivity index (χ1n) is 11.1. The molecule has 0 unspecified atom stereocenters. The van der Waals surface area contributed by atoms with Gasteiger partial charge in [-0.2, -0.15) is 5.21 Å². The van der Waals surface area contributed by atoms with Crippen molar-refractivity contribution in [3.63, 3.8) is 0 Å². The number of fused-ring (bicyclic) bond motifs is 1. The molecule has 2 aliphatic rings. The maximum absolute atomic E-state index is 12.6. The Kier molecular flexibility index (Phi) is 5.78. The highest BCUT2D eigenvalue weighted by atomic mass is 16.5. The van der Waals surface area contributed by atoms with Crippen LogP contribution in [0.5, 0.6) is 0 Å². The average molecular weight is 382 g/mol. The summed E-state index contributed by atoms with van der Waals surface area (Å²) < 4.78 is 35.3. The average Bonchev–Trinajstić information content (AvgIpc) is 3.19. The Labute approximate surface area is 163 Å². The molecule has 150 valence electrons. The van der Waals surface area contributed by atoms with Crippen LogP contribution in [0.2, 0.25) is 0 Å². The summed E-state index contributed by atoms with van der Waals surface area (Å²) in [5.41, 5.74) is 0. The second kappa shape index (κ2) is 9.77. The van der Waals surface area contributed by atoms with E-state index in [2.05, 4.69) is 25.9 Å². The molecule has 2 fully saturated rings. The number of ether oxygens (including phenoxy) is 2. The molecular weight excluding hydrogens is 350 g/mol. The Morgan fingerprint density at radius 2 is 2.19 bits per heavy atom. The molecule has 9 heteroatoms. The highest BCUT2D eigenvalue weighted by Crippen LogP contribution is 2.40. The molecule has 1 aliphatic heterocycles. The number of tetrazole rings is 1. The van der Waals surface area contributed by atoms with Crippen LogP contribution in [0, 0.1) is 17.8 Å². The maximum atomic E-state index is 12.6. The number of nitrogens with zero attached hydrogens (tertiary/aromatic N) is 3. The summed E-state index contributed by atoms with van der Waals surface area (Å²) in [6, 6.07) is -1.88. The summed E-state index contributed by atoms with van der Waals surface area (Å²) in [5.74, 6) is -0.707. The van der Waals surface area contributed by atoms with Crippen LogP contribution < -0.4 is 5.32 Å². The fourth-order valence-electron chi connectivity index (χ4n) is 3.84. The monoisotopic (exact) mass is 382 g/mol. The van der Waals surface area contributed by atoms with E-state index in [1.807, 2.05) is 0 Å². The molecule has 2 N–H and O–H groups in total. The molecule has 1 aromatic rings. The highest BCUT2D eigenvalue weighted by Gasteiger charge is 2.38. The van der Waals surface area contributed by atoms with Crippen LogP contribution in [0.4, 0.5) is 0 Å². The predicted molar refractivity (Wildman–Crippen MR) is 95.4 cm³/mol. The molecule has 4 atom stereocenters. The Morgan fingerprint density at radius 1 is 1.30 bits per heavy atom. The molecule has 1 aromatic heterocycles. The van der Waals surface area contributed by atoms with Gasteiger partial charge in [0.2, 0.25) is 0 Å². The minimum atomic E-state index is -1.88. The molecule has 0 bridgehead atoms. The lowest BCUT2D eigenvalue weighted by Crippen LogP contribution is -2.50. The maximum Gasteiger partial charge on any atom is 0.323 e. The van der Waals surface area contributed by atoms with E-state index in [-0.39, 0.29) is 37.9 Å². The van der Waals surface area contributed by atoms with Crippen molar-refractivity contribution in [2.24, 2.45) is 17.8 Å². The van der Waals surface area contributed by atoms with Crippen LogP contribution in [0.3, 0.4) is 0 Å². The lowest BCUT2D eigenvalue weighted by Gasteiger charge is -2.42. The van der Waals surface area contributed by atoms with Gasteiger partial charge in [0.05, 0.1) is 14.4 Å². The summed E-state index contributed by atoms with van der Waals surface area (Å²) in [6.45, 7) is -0.103. The lowest BCUT2D eigenvalue weighted by atomic mass is 9.69. The smallest absolute Gasteiger partial charge is 0.323 e. The van der Waals surface area contributed by atoms with Gasteiger partial charge in [-0.15, -0.1) is 10.2 Å². The van der Waals surface area contributed by atoms with Crippen molar-refractivity contribution in [3.05, 3.63) is 5.82 Å². The van der Waals surface area contributed by atoms with Crippen LogP contribution in [-0.2, 0) is 25.5 Å². The van der Waals surface area contributed by atoms with Gasteiger partial charge in [0.15, 0.2) is 5.82 Å². The van der Waals surface area contributed by atoms with Crippen molar-refractivity contribution in [1.29, 1.82) is 0 Å². The molecule has 0 spiro atoms. The minimum Gasteiger partial charge on any atom is -0.466 e. The predicted octanol–water partition coefficient (Wildman–Crippen LogP) is 1.02. The van der Waals surface area contributed by atoms with Crippen molar-refractivity contribution >= 4 is 11.9 Å². The third-order valence-electron chi connectivity index (χ3n) is 5.22. The number of rotatable bonds is 8. The number of piperidine rings is 1. The Balaban J connectivity index is 1.58. The van der Waals surface area contributed by atoms with Crippen molar-refractivity contribution in [2.75, 3.05) is 19.7 Å². The third-order valence-corrected chi connectivity index (χ3v) is 5.22. The fourth-order valence-corrected chi connectivity index (χ4v) is 3.84. The molecule has 0 radical (unpaired) electrons. The molecule has 27 heavy (non-hydrogen) atoms. The third kappa shape index (κ3) is 5.72. The summed E-state index contributed by atoms with van der Waals surface area (Å²) in [4.78, 5) is 24.0. The van der Waals surface area contributed by atoms with Crippen LogP contribution >= 0.6 is 0 Å². The van der Waals surface area contributed by atoms with Gasteiger partial charge < -0.3 is 14.8 Å². The van der Waals surface area contributed by atoms with Crippen molar-refractivity contribution in [1.82, 2.24) is 25.9 Å². The van der Waals surface area contributed by atoms with Gasteiger partial charge in [0, 0.05) is 9.16 Å². The SMILES string of the molecule is [2H]C1([2H])N[C@]([2H])(C(=O)OCCC(=O)OCC)C[C@H]2C[C@@H](CCc3nn[nH]n3)CC[C@H]21. The van der Waals surface area contributed by atoms with Crippen molar-refractivity contribution < 1.29 is 23.2 Å². The highest BCUT2D eigenvalue weighted by molar-refractivity contribution is 5.76. The molecule has 1 aliphatic carbocycles. The number of aromatic nitrogens is 4. The number of carbonyl (C=O) groups is 2. The number of H-pyrrole nitrogens is 1. The van der Waals surface area contributed by atoms with E-state index in [1.165, 1.54) is 0 Å². The second-order valence-electron chi connectivity index (χ2n) is 7.06. The number of aryl methyl sites for hydroxylation is 1. The molecule has 1 saturated carbocycles.